The van der Waals surface area contributed by atoms with Crippen LogP contribution in [0.5, 0.6) is 11.5 Å². The first kappa shape index (κ1) is 25.4. The Kier molecular flexibility index (Phi) is 8.22. The normalized spacial score (nSPS) is 11.8. The Hall–Kier alpha value is -2.73. The van der Waals surface area contributed by atoms with Gasteiger partial charge in [-0.05, 0) is 65.9 Å². The van der Waals surface area contributed by atoms with Crippen molar-refractivity contribution >= 4 is 40.2 Å². The van der Waals surface area contributed by atoms with Crippen molar-refractivity contribution in [1.29, 1.82) is 0 Å². The Labute approximate surface area is 220 Å². The van der Waals surface area contributed by atoms with Crippen LogP contribution in [0.25, 0.3) is 11.3 Å². The molecule has 3 aromatic carbocycles. The lowest BCUT2D eigenvalue weighted by Gasteiger charge is -2.13. The van der Waals surface area contributed by atoms with E-state index >= 15 is 0 Å². The van der Waals surface area contributed by atoms with Gasteiger partial charge in [-0.3, -0.25) is 0 Å². The summed E-state index contributed by atoms with van der Waals surface area (Å²) in [6.45, 7) is 5.10. The molecule has 0 spiro atoms. The van der Waals surface area contributed by atoms with Crippen LogP contribution >= 0.6 is 34.5 Å². The maximum atomic E-state index is 6.59. The van der Waals surface area contributed by atoms with Gasteiger partial charge in [0, 0.05) is 22.5 Å². The Morgan fingerprint density at radius 2 is 1.66 bits per heavy atom. The molecular weight excluding hydrogens is 499 g/mol. The standard InChI is InChI=1S/C28H28Cl2N2O2S/c1-18(2)20-6-9-22(10-7-20)31-28-32(14-13-19-5-12-26(33-3)27(15-19)34-4)25(17-35-28)23-11-8-21(29)16-24(23)30/h5-12,15-18H,13-14H2,1-4H3. The molecule has 4 rings (SSSR count). The molecule has 7 heteroatoms. The van der Waals surface area contributed by atoms with E-state index in [1.165, 1.54) is 5.56 Å². The first-order chi connectivity index (χ1) is 16.9. The predicted octanol–water partition coefficient (Wildman–Crippen LogP) is 8.14. The van der Waals surface area contributed by atoms with E-state index in [1.807, 2.05) is 24.3 Å². The molecule has 0 aliphatic carbocycles. The lowest BCUT2D eigenvalue weighted by atomic mass is 10.0. The Balaban J connectivity index is 1.74. The van der Waals surface area contributed by atoms with Crippen molar-refractivity contribution in [2.75, 3.05) is 14.2 Å². The molecule has 0 amide bonds. The van der Waals surface area contributed by atoms with E-state index in [1.54, 1.807) is 31.6 Å². The molecule has 0 fully saturated rings. The van der Waals surface area contributed by atoms with Crippen LogP contribution < -0.4 is 14.3 Å². The van der Waals surface area contributed by atoms with Crippen LogP contribution in [0.3, 0.4) is 0 Å². The van der Waals surface area contributed by atoms with Crippen LogP contribution in [-0.4, -0.2) is 18.8 Å². The zero-order valence-electron chi connectivity index (χ0n) is 20.2. The first-order valence-electron chi connectivity index (χ1n) is 11.4. The van der Waals surface area contributed by atoms with Crippen molar-refractivity contribution in [2.45, 2.75) is 32.7 Å². The van der Waals surface area contributed by atoms with Crippen LogP contribution in [0.4, 0.5) is 5.69 Å². The smallest absolute Gasteiger partial charge is 0.190 e. The van der Waals surface area contributed by atoms with Gasteiger partial charge in [0.1, 0.15) is 0 Å². The van der Waals surface area contributed by atoms with Crippen molar-refractivity contribution in [3.05, 3.63) is 92.0 Å². The van der Waals surface area contributed by atoms with Gasteiger partial charge in [0.2, 0.25) is 0 Å². The lowest BCUT2D eigenvalue weighted by Crippen LogP contribution is -2.17. The van der Waals surface area contributed by atoms with Crippen molar-refractivity contribution in [2.24, 2.45) is 4.99 Å². The van der Waals surface area contributed by atoms with Gasteiger partial charge in [-0.15, -0.1) is 11.3 Å². The highest BCUT2D eigenvalue weighted by molar-refractivity contribution is 7.07. The second-order valence-corrected chi connectivity index (χ2v) is 10.2. The maximum Gasteiger partial charge on any atom is 0.190 e. The SMILES string of the molecule is COc1ccc(CCn2c(-c3ccc(Cl)cc3Cl)csc2=Nc2ccc(C(C)C)cc2)cc1OC. The number of benzene rings is 3. The number of aromatic nitrogens is 1. The number of nitrogens with zero attached hydrogens (tertiary/aromatic N) is 2. The quantitative estimate of drug-likeness (QED) is 0.232. The molecule has 0 radical (unpaired) electrons. The molecule has 0 saturated carbocycles. The summed E-state index contributed by atoms with van der Waals surface area (Å²) in [4.78, 5) is 5.88. The van der Waals surface area contributed by atoms with E-state index in [9.17, 15) is 0 Å². The number of ether oxygens (including phenoxy) is 2. The van der Waals surface area contributed by atoms with Gasteiger partial charge in [-0.1, -0.05) is 55.2 Å². The molecule has 0 N–H and O–H groups in total. The topological polar surface area (TPSA) is 35.8 Å². The van der Waals surface area contributed by atoms with Crippen molar-refractivity contribution in [3.63, 3.8) is 0 Å². The highest BCUT2D eigenvalue weighted by Gasteiger charge is 2.13. The number of aryl methyl sites for hydroxylation is 1. The van der Waals surface area contributed by atoms with Gasteiger partial charge >= 0.3 is 0 Å². The molecule has 0 aliphatic heterocycles. The highest BCUT2D eigenvalue weighted by atomic mass is 35.5. The number of methoxy groups -OCH3 is 2. The molecular formula is C28H28Cl2N2O2S. The van der Waals surface area contributed by atoms with Crippen LogP contribution in [0.15, 0.2) is 71.0 Å². The highest BCUT2D eigenvalue weighted by Crippen LogP contribution is 2.32. The van der Waals surface area contributed by atoms with Crippen molar-refractivity contribution in [1.82, 2.24) is 4.57 Å². The summed E-state index contributed by atoms with van der Waals surface area (Å²) >= 11 is 14.3. The third kappa shape index (κ3) is 5.92. The molecule has 35 heavy (non-hydrogen) atoms. The fourth-order valence-corrected chi connectivity index (χ4v) is 5.32. The largest absolute Gasteiger partial charge is 0.493 e. The minimum Gasteiger partial charge on any atom is -0.493 e. The van der Waals surface area contributed by atoms with E-state index in [4.69, 9.17) is 37.7 Å². The molecule has 0 unspecified atom stereocenters. The minimum absolute atomic E-state index is 0.482. The molecule has 1 heterocycles. The fourth-order valence-electron chi connectivity index (χ4n) is 3.87. The predicted molar refractivity (Wildman–Crippen MR) is 147 cm³/mol. The Morgan fingerprint density at radius 1 is 0.914 bits per heavy atom. The third-order valence-corrected chi connectivity index (χ3v) is 7.27. The van der Waals surface area contributed by atoms with Gasteiger partial charge < -0.3 is 14.0 Å². The monoisotopic (exact) mass is 526 g/mol. The van der Waals surface area contributed by atoms with Crippen molar-refractivity contribution < 1.29 is 9.47 Å². The first-order valence-corrected chi connectivity index (χ1v) is 13.0. The van der Waals surface area contributed by atoms with Crippen LogP contribution in [0.2, 0.25) is 10.0 Å². The van der Waals surface area contributed by atoms with Gasteiger partial charge in [-0.25, -0.2) is 4.99 Å². The average molecular weight is 528 g/mol. The lowest BCUT2D eigenvalue weighted by molar-refractivity contribution is 0.354. The maximum absolute atomic E-state index is 6.59. The molecule has 1 aromatic heterocycles. The van der Waals surface area contributed by atoms with E-state index in [-0.39, 0.29) is 0 Å². The molecule has 182 valence electrons. The Morgan fingerprint density at radius 3 is 2.31 bits per heavy atom. The van der Waals surface area contributed by atoms with Gasteiger partial charge in [-0.2, -0.15) is 0 Å². The van der Waals surface area contributed by atoms with Crippen LogP contribution in [0.1, 0.15) is 30.9 Å². The van der Waals surface area contributed by atoms with Gasteiger partial charge in [0.25, 0.3) is 0 Å². The molecule has 0 saturated heterocycles. The fraction of sp³-hybridized carbons (Fsp3) is 0.250. The zero-order valence-corrected chi connectivity index (χ0v) is 22.5. The number of hydrogen-bond acceptors (Lipinski definition) is 4. The zero-order chi connectivity index (χ0) is 24.9. The van der Waals surface area contributed by atoms with Crippen LogP contribution in [-0.2, 0) is 13.0 Å². The number of hydrogen-bond donors (Lipinski definition) is 0. The summed E-state index contributed by atoms with van der Waals surface area (Å²) in [6, 6.07) is 20.0. The van der Waals surface area contributed by atoms with Crippen molar-refractivity contribution in [3.8, 4) is 22.8 Å². The molecule has 0 bridgehead atoms. The summed E-state index contributed by atoms with van der Waals surface area (Å²) in [6.07, 6.45) is 0.786. The van der Waals surface area contributed by atoms with E-state index in [2.05, 4.69) is 54.1 Å². The number of rotatable bonds is 8. The second kappa shape index (κ2) is 11.3. The average Bonchev–Trinajstić information content (AvgIpc) is 3.24. The van der Waals surface area contributed by atoms with Gasteiger partial charge in [0.05, 0.1) is 30.6 Å². The van der Waals surface area contributed by atoms with E-state index in [0.29, 0.717) is 21.7 Å². The summed E-state index contributed by atoms with van der Waals surface area (Å²) in [5, 5.41) is 3.33. The third-order valence-electron chi connectivity index (χ3n) is 5.86. The van der Waals surface area contributed by atoms with E-state index < -0.39 is 0 Å². The number of thiazole rings is 1. The molecule has 4 aromatic rings. The summed E-state index contributed by atoms with van der Waals surface area (Å²) in [7, 11) is 3.29. The minimum atomic E-state index is 0.482. The summed E-state index contributed by atoms with van der Waals surface area (Å²) in [5.41, 5.74) is 5.29. The molecule has 4 nitrogen and oxygen atoms in total. The Bertz CT molecular complexity index is 1370. The molecule has 0 aliphatic rings. The number of halogens is 2. The molecule has 0 atom stereocenters. The van der Waals surface area contributed by atoms with Crippen LogP contribution in [0, 0.1) is 0 Å². The van der Waals surface area contributed by atoms with Gasteiger partial charge in [0.15, 0.2) is 16.3 Å². The summed E-state index contributed by atoms with van der Waals surface area (Å²) < 4.78 is 13.1. The second-order valence-electron chi connectivity index (χ2n) is 8.48. The van der Waals surface area contributed by atoms with E-state index in [0.717, 1.165) is 46.0 Å². The summed E-state index contributed by atoms with van der Waals surface area (Å²) in [5.74, 6) is 1.92.